The van der Waals surface area contributed by atoms with Crippen LogP contribution in [0.5, 0.6) is 5.75 Å². The van der Waals surface area contributed by atoms with Gasteiger partial charge in [0.15, 0.2) is 0 Å². The van der Waals surface area contributed by atoms with Gasteiger partial charge in [0.05, 0.1) is 30.1 Å². The molecule has 1 aromatic carbocycles. The number of rotatable bonds is 3. The fourth-order valence-electron chi connectivity index (χ4n) is 2.63. The molecule has 9 heteroatoms. The summed E-state index contributed by atoms with van der Waals surface area (Å²) in [6.45, 7) is 5.45. The van der Waals surface area contributed by atoms with Gasteiger partial charge in [-0.15, -0.1) is 0 Å². The van der Waals surface area contributed by atoms with Crippen molar-refractivity contribution in [3.63, 3.8) is 0 Å². The van der Waals surface area contributed by atoms with Crippen LogP contribution in [0.1, 0.15) is 31.1 Å². The summed E-state index contributed by atoms with van der Waals surface area (Å²) in [5, 5.41) is 3.20. The first kappa shape index (κ1) is 19.8. The van der Waals surface area contributed by atoms with Crippen molar-refractivity contribution < 1.29 is 19.3 Å². The third kappa shape index (κ3) is 3.97. The standard InChI is InChI=1S/C19H21ClN4O4/c1-19(2,3)24(18(26)15-6-5-13(20)10-16(15)27-4)22-17(25)12-7-8-23-14(9-12)11-21-28-23/h5-11,21H,1-4H3,(H,22,25). The van der Waals surface area contributed by atoms with Crippen LogP contribution in [0.4, 0.5) is 0 Å². The van der Waals surface area contributed by atoms with E-state index in [0.29, 0.717) is 22.0 Å². The number of benzene rings is 1. The van der Waals surface area contributed by atoms with Crippen LogP contribution in [0.3, 0.4) is 0 Å². The molecule has 0 saturated heterocycles. The second kappa shape index (κ2) is 7.57. The summed E-state index contributed by atoms with van der Waals surface area (Å²) in [7, 11) is 1.46. The van der Waals surface area contributed by atoms with Crippen LogP contribution in [0, 0.1) is 0 Å². The zero-order valence-corrected chi connectivity index (χ0v) is 16.7. The van der Waals surface area contributed by atoms with Crippen LogP contribution in [-0.2, 0) is 9.73 Å². The molecule has 0 fully saturated rings. The SMILES string of the molecule is COc1cc(Cl)ccc1C(=O)N(NC(=O)C1=CC2=CNON2C=C1)C(C)(C)C. The van der Waals surface area contributed by atoms with Gasteiger partial charge >= 0.3 is 0 Å². The van der Waals surface area contributed by atoms with Gasteiger partial charge in [-0.1, -0.05) is 11.6 Å². The number of nitrogens with zero attached hydrogens (tertiary/aromatic N) is 2. The highest BCUT2D eigenvalue weighted by Gasteiger charge is 2.32. The zero-order chi connectivity index (χ0) is 20.5. The molecule has 0 atom stereocenters. The van der Waals surface area contributed by atoms with Crippen LogP contribution in [-0.4, -0.2) is 34.5 Å². The smallest absolute Gasteiger partial charge is 0.276 e. The van der Waals surface area contributed by atoms with Gasteiger partial charge in [-0.3, -0.25) is 15.0 Å². The Kier molecular flexibility index (Phi) is 5.35. The number of halogens is 1. The van der Waals surface area contributed by atoms with Crippen molar-refractivity contribution in [1.29, 1.82) is 0 Å². The van der Waals surface area contributed by atoms with Crippen LogP contribution < -0.4 is 15.6 Å². The molecule has 0 spiro atoms. The molecule has 2 aliphatic rings. The molecule has 1 aromatic rings. The maximum Gasteiger partial charge on any atom is 0.276 e. The third-order valence-corrected chi connectivity index (χ3v) is 4.28. The lowest BCUT2D eigenvalue weighted by Gasteiger charge is -2.36. The average molecular weight is 405 g/mol. The fourth-order valence-corrected chi connectivity index (χ4v) is 2.79. The Morgan fingerprint density at radius 1 is 1.32 bits per heavy atom. The molecule has 2 aliphatic heterocycles. The van der Waals surface area contributed by atoms with E-state index in [1.165, 1.54) is 17.2 Å². The average Bonchev–Trinajstić information content (AvgIpc) is 3.12. The molecular weight excluding hydrogens is 384 g/mol. The first-order chi connectivity index (χ1) is 13.2. The normalized spacial score (nSPS) is 15.2. The van der Waals surface area contributed by atoms with E-state index in [9.17, 15) is 9.59 Å². The number of carbonyl (C=O) groups excluding carboxylic acids is 2. The zero-order valence-electron chi connectivity index (χ0n) is 15.9. The van der Waals surface area contributed by atoms with Gasteiger partial charge in [0.25, 0.3) is 11.8 Å². The molecule has 8 nitrogen and oxygen atoms in total. The van der Waals surface area contributed by atoms with Gasteiger partial charge < -0.3 is 4.74 Å². The summed E-state index contributed by atoms with van der Waals surface area (Å²) >= 11 is 5.99. The molecule has 0 radical (unpaired) electrons. The number of carbonyl (C=O) groups is 2. The molecule has 2 heterocycles. The van der Waals surface area contributed by atoms with E-state index in [0.717, 1.165) is 0 Å². The molecular formula is C19H21ClN4O4. The first-order valence-electron chi connectivity index (χ1n) is 8.51. The number of allylic oxidation sites excluding steroid dienone is 1. The monoisotopic (exact) mass is 404 g/mol. The number of hydrazine groups is 1. The molecule has 148 valence electrons. The number of hydrogen-bond acceptors (Lipinski definition) is 6. The first-order valence-corrected chi connectivity index (χ1v) is 8.89. The van der Waals surface area contributed by atoms with Crippen LogP contribution in [0.15, 0.2) is 54.0 Å². The number of hydroxylamine groups is 3. The summed E-state index contributed by atoms with van der Waals surface area (Å²) in [6.07, 6.45) is 6.45. The third-order valence-electron chi connectivity index (χ3n) is 4.05. The van der Waals surface area contributed by atoms with E-state index >= 15 is 0 Å². The fraction of sp³-hybridized carbons (Fsp3) is 0.263. The molecule has 0 saturated carbocycles. The lowest BCUT2D eigenvalue weighted by molar-refractivity contribution is -0.123. The Hall–Kier alpha value is -2.97. The molecule has 3 rings (SSSR count). The van der Waals surface area contributed by atoms with Gasteiger partial charge in [-0.2, -0.15) is 4.94 Å². The summed E-state index contributed by atoms with van der Waals surface area (Å²) in [6, 6.07) is 4.72. The molecule has 0 aromatic heterocycles. The highest BCUT2D eigenvalue weighted by molar-refractivity contribution is 6.30. The van der Waals surface area contributed by atoms with Crippen molar-refractivity contribution in [3.05, 3.63) is 64.6 Å². The van der Waals surface area contributed by atoms with E-state index in [1.54, 1.807) is 42.8 Å². The molecule has 0 aliphatic carbocycles. The van der Waals surface area contributed by atoms with Crippen LogP contribution in [0.25, 0.3) is 0 Å². The summed E-state index contributed by atoms with van der Waals surface area (Å²) in [4.78, 5) is 31.1. The van der Waals surface area contributed by atoms with E-state index in [1.807, 2.05) is 20.8 Å². The van der Waals surface area contributed by atoms with Gasteiger partial charge in [-0.25, -0.2) is 15.6 Å². The molecule has 28 heavy (non-hydrogen) atoms. The minimum atomic E-state index is -0.695. The number of ether oxygens (including phenoxy) is 1. The summed E-state index contributed by atoms with van der Waals surface area (Å²) in [5.74, 6) is -0.519. The molecule has 2 N–H and O–H groups in total. The van der Waals surface area contributed by atoms with Gasteiger partial charge in [0, 0.05) is 16.8 Å². The van der Waals surface area contributed by atoms with Crippen molar-refractivity contribution in [2.75, 3.05) is 7.11 Å². The minimum Gasteiger partial charge on any atom is -0.496 e. The lowest BCUT2D eigenvalue weighted by atomic mass is 10.1. The molecule has 0 unspecified atom stereocenters. The van der Waals surface area contributed by atoms with Crippen molar-refractivity contribution in [2.45, 2.75) is 26.3 Å². The molecule has 2 amide bonds. The second-order valence-electron chi connectivity index (χ2n) is 7.12. The number of amides is 2. The van der Waals surface area contributed by atoms with Crippen molar-refractivity contribution in [1.82, 2.24) is 21.0 Å². The van der Waals surface area contributed by atoms with E-state index in [4.69, 9.17) is 21.3 Å². The largest absolute Gasteiger partial charge is 0.496 e. The second-order valence-corrected chi connectivity index (χ2v) is 7.55. The Bertz CT molecular complexity index is 902. The Morgan fingerprint density at radius 2 is 2.07 bits per heavy atom. The topological polar surface area (TPSA) is 83.1 Å². The van der Waals surface area contributed by atoms with Crippen LogP contribution >= 0.6 is 11.6 Å². The summed E-state index contributed by atoms with van der Waals surface area (Å²) in [5.41, 5.74) is 5.93. The van der Waals surface area contributed by atoms with Gasteiger partial charge in [-0.05, 0) is 51.1 Å². The minimum absolute atomic E-state index is 0.289. The highest BCUT2D eigenvalue weighted by atomic mass is 35.5. The maximum atomic E-state index is 13.2. The van der Waals surface area contributed by atoms with Crippen molar-refractivity contribution in [2.24, 2.45) is 0 Å². The summed E-state index contributed by atoms with van der Waals surface area (Å²) < 4.78 is 5.28. The maximum absolute atomic E-state index is 13.2. The predicted molar refractivity (Wildman–Crippen MR) is 103 cm³/mol. The lowest BCUT2D eigenvalue weighted by Crippen LogP contribution is -2.56. The van der Waals surface area contributed by atoms with E-state index in [-0.39, 0.29) is 5.56 Å². The number of nitrogens with one attached hydrogen (secondary N) is 2. The highest BCUT2D eigenvalue weighted by Crippen LogP contribution is 2.27. The van der Waals surface area contributed by atoms with Gasteiger partial charge in [0.2, 0.25) is 0 Å². The predicted octanol–water partition coefficient (Wildman–Crippen LogP) is 2.67. The quantitative estimate of drug-likeness (QED) is 0.754. The number of fused-ring (bicyclic) bond motifs is 1. The van der Waals surface area contributed by atoms with Crippen LogP contribution in [0.2, 0.25) is 5.02 Å². The van der Waals surface area contributed by atoms with E-state index < -0.39 is 17.4 Å². The Labute approximate surface area is 167 Å². The van der Waals surface area contributed by atoms with E-state index in [2.05, 4.69) is 10.9 Å². The Balaban J connectivity index is 1.86. The Morgan fingerprint density at radius 3 is 2.75 bits per heavy atom. The number of hydrogen-bond donors (Lipinski definition) is 2. The molecule has 0 bridgehead atoms. The van der Waals surface area contributed by atoms with Gasteiger partial charge in [0.1, 0.15) is 5.75 Å². The van der Waals surface area contributed by atoms with Crippen molar-refractivity contribution in [3.8, 4) is 5.75 Å². The van der Waals surface area contributed by atoms with Crippen molar-refractivity contribution >= 4 is 23.4 Å². The number of methoxy groups -OCH3 is 1.